The zero-order valence-electron chi connectivity index (χ0n) is 7.71. The van der Waals surface area contributed by atoms with E-state index in [9.17, 15) is 4.79 Å². The van der Waals surface area contributed by atoms with Crippen LogP contribution in [0.15, 0.2) is 0 Å². The Hall–Kier alpha value is -0.410. The molecule has 1 rings (SSSR count). The van der Waals surface area contributed by atoms with Gasteiger partial charge in [0.25, 0.3) is 0 Å². The van der Waals surface area contributed by atoms with Crippen molar-refractivity contribution in [2.24, 2.45) is 5.92 Å². The average Bonchev–Trinajstić information content (AvgIpc) is 2.18. The lowest BCUT2D eigenvalue weighted by atomic mass is 9.86. The van der Waals surface area contributed by atoms with Crippen molar-refractivity contribution in [1.29, 1.82) is 0 Å². The first-order valence-electron chi connectivity index (χ1n) is 4.32. The number of hydrogen-bond donors (Lipinski definition) is 0. The van der Waals surface area contributed by atoms with Gasteiger partial charge in [-0.1, -0.05) is 0 Å². The fraction of sp³-hybridized carbons (Fsp3) is 0.889. The lowest BCUT2D eigenvalue weighted by molar-refractivity contribution is -0.139. The second-order valence-corrected chi connectivity index (χ2v) is 3.42. The summed E-state index contributed by atoms with van der Waals surface area (Å²) < 4.78 is 10.5. The molecule has 0 aliphatic carbocycles. The van der Waals surface area contributed by atoms with Crippen molar-refractivity contribution in [2.75, 3.05) is 20.3 Å². The first-order valence-corrected chi connectivity index (χ1v) is 4.32. The predicted octanol–water partition coefficient (Wildman–Crippen LogP) is 1.02. The summed E-state index contributed by atoms with van der Waals surface area (Å²) in [7, 11) is 1.57. The summed E-state index contributed by atoms with van der Waals surface area (Å²) in [5, 5.41) is 0. The van der Waals surface area contributed by atoms with Crippen molar-refractivity contribution < 1.29 is 14.3 Å². The maximum Gasteiger partial charge on any atom is 0.151 e. The zero-order chi connectivity index (χ0) is 9.03. The number of carbonyl (C=O) groups excluding carboxylic acids is 1. The maximum absolute atomic E-state index is 10.8. The molecule has 0 radical (unpaired) electrons. The van der Waals surface area contributed by atoms with E-state index in [-0.39, 0.29) is 5.92 Å². The van der Waals surface area contributed by atoms with Crippen molar-refractivity contribution in [2.45, 2.75) is 25.4 Å². The second kappa shape index (κ2) is 4.01. The van der Waals surface area contributed by atoms with E-state index < -0.39 is 5.60 Å². The first-order chi connectivity index (χ1) is 5.73. The summed E-state index contributed by atoms with van der Waals surface area (Å²) in [4.78, 5) is 10.8. The number of rotatable bonds is 3. The van der Waals surface area contributed by atoms with Crippen LogP contribution in [0, 0.1) is 5.92 Å². The van der Waals surface area contributed by atoms with Gasteiger partial charge in [0.05, 0.1) is 6.61 Å². The van der Waals surface area contributed by atoms with Gasteiger partial charge in [0.1, 0.15) is 5.60 Å². The van der Waals surface area contributed by atoms with Crippen molar-refractivity contribution in [1.82, 2.24) is 0 Å². The fourth-order valence-electron chi connectivity index (χ4n) is 1.50. The molecular formula is C9H16O3. The molecule has 3 heteroatoms. The third kappa shape index (κ3) is 1.84. The smallest absolute Gasteiger partial charge is 0.151 e. The van der Waals surface area contributed by atoms with Gasteiger partial charge in [0, 0.05) is 19.6 Å². The minimum absolute atomic E-state index is 0.216. The third-order valence-corrected chi connectivity index (χ3v) is 2.64. The quantitative estimate of drug-likeness (QED) is 0.596. The number of carbonyl (C=O) groups is 1. The molecule has 0 N–H and O–H groups in total. The van der Waals surface area contributed by atoms with Crippen LogP contribution in [-0.4, -0.2) is 32.2 Å². The van der Waals surface area contributed by atoms with Crippen molar-refractivity contribution in [3.8, 4) is 0 Å². The van der Waals surface area contributed by atoms with Crippen LogP contribution >= 0.6 is 0 Å². The van der Waals surface area contributed by atoms with Crippen LogP contribution in [0.1, 0.15) is 19.8 Å². The lowest BCUT2D eigenvalue weighted by Crippen LogP contribution is -2.42. The van der Waals surface area contributed by atoms with E-state index in [4.69, 9.17) is 9.47 Å². The Kier molecular flexibility index (Phi) is 3.23. The van der Waals surface area contributed by atoms with Gasteiger partial charge in [0.2, 0.25) is 0 Å². The highest BCUT2D eigenvalue weighted by Gasteiger charge is 2.35. The van der Waals surface area contributed by atoms with Crippen molar-refractivity contribution in [3.63, 3.8) is 0 Å². The summed E-state index contributed by atoms with van der Waals surface area (Å²) in [6, 6.07) is 0. The largest absolute Gasteiger partial charge is 0.381 e. The molecule has 0 amide bonds. The minimum Gasteiger partial charge on any atom is -0.381 e. The van der Waals surface area contributed by atoms with E-state index >= 15 is 0 Å². The molecule has 2 atom stereocenters. The molecule has 0 aromatic heterocycles. The highest BCUT2D eigenvalue weighted by Crippen LogP contribution is 2.26. The standard InChI is InChI=1S/C9H16O3/c1-9(7-10,11-2)8-4-3-5-12-6-8/h7-8H,3-6H2,1-2H3. The van der Waals surface area contributed by atoms with Gasteiger partial charge in [-0.3, -0.25) is 0 Å². The second-order valence-electron chi connectivity index (χ2n) is 3.42. The number of ether oxygens (including phenoxy) is 2. The molecule has 1 fully saturated rings. The average molecular weight is 172 g/mol. The molecule has 1 aliphatic heterocycles. The molecule has 1 aliphatic rings. The van der Waals surface area contributed by atoms with Gasteiger partial charge in [-0.25, -0.2) is 0 Å². The third-order valence-electron chi connectivity index (χ3n) is 2.64. The summed E-state index contributed by atoms with van der Waals surface area (Å²) >= 11 is 0. The van der Waals surface area contributed by atoms with E-state index in [1.165, 1.54) is 0 Å². The highest BCUT2D eigenvalue weighted by atomic mass is 16.5. The molecule has 0 aromatic rings. The topological polar surface area (TPSA) is 35.5 Å². The monoisotopic (exact) mass is 172 g/mol. The van der Waals surface area contributed by atoms with E-state index in [1.807, 2.05) is 6.92 Å². The highest BCUT2D eigenvalue weighted by molar-refractivity contribution is 5.62. The molecule has 1 saturated heterocycles. The van der Waals surface area contributed by atoms with Gasteiger partial charge >= 0.3 is 0 Å². The van der Waals surface area contributed by atoms with Crippen LogP contribution in [0.4, 0.5) is 0 Å². The molecule has 12 heavy (non-hydrogen) atoms. The van der Waals surface area contributed by atoms with Gasteiger partial charge in [-0.05, 0) is 19.8 Å². The summed E-state index contributed by atoms with van der Waals surface area (Å²) in [6.45, 7) is 3.28. The SMILES string of the molecule is COC(C)(C=O)C1CCCOC1. The van der Waals surface area contributed by atoms with E-state index in [2.05, 4.69) is 0 Å². The van der Waals surface area contributed by atoms with Crippen LogP contribution in [0.5, 0.6) is 0 Å². The summed E-state index contributed by atoms with van der Waals surface area (Å²) in [5.41, 5.74) is -0.652. The fourth-order valence-corrected chi connectivity index (χ4v) is 1.50. The van der Waals surface area contributed by atoms with Crippen LogP contribution in [-0.2, 0) is 14.3 Å². The van der Waals surface area contributed by atoms with Gasteiger partial charge in [-0.2, -0.15) is 0 Å². The number of aldehydes is 1. The zero-order valence-corrected chi connectivity index (χ0v) is 7.71. The van der Waals surface area contributed by atoms with Crippen LogP contribution < -0.4 is 0 Å². The molecule has 3 nitrogen and oxygen atoms in total. The number of hydrogen-bond acceptors (Lipinski definition) is 3. The van der Waals surface area contributed by atoms with E-state index in [0.29, 0.717) is 6.61 Å². The molecule has 1 heterocycles. The summed E-state index contributed by atoms with van der Waals surface area (Å²) in [5.74, 6) is 0.216. The van der Waals surface area contributed by atoms with E-state index in [0.717, 1.165) is 25.7 Å². The van der Waals surface area contributed by atoms with Gasteiger partial charge < -0.3 is 14.3 Å². The molecule has 0 bridgehead atoms. The normalized spacial score (nSPS) is 29.3. The maximum atomic E-state index is 10.8. The molecule has 0 spiro atoms. The van der Waals surface area contributed by atoms with E-state index in [1.54, 1.807) is 7.11 Å². The Balaban J connectivity index is 2.57. The van der Waals surface area contributed by atoms with Gasteiger partial charge in [-0.15, -0.1) is 0 Å². The van der Waals surface area contributed by atoms with Crippen LogP contribution in [0.2, 0.25) is 0 Å². The first kappa shape index (κ1) is 9.68. The predicted molar refractivity (Wildman–Crippen MR) is 45.0 cm³/mol. The minimum atomic E-state index is -0.652. The summed E-state index contributed by atoms with van der Waals surface area (Å²) in [6.07, 6.45) is 2.92. The van der Waals surface area contributed by atoms with Crippen molar-refractivity contribution in [3.05, 3.63) is 0 Å². The van der Waals surface area contributed by atoms with Crippen LogP contribution in [0.25, 0.3) is 0 Å². The Bertz CT molecular complexity index is 152. The molecular weight excluding hydrogens is 156 g/mol. The molecule has 70 valence electrons. The molecule has 0 aromatic carbocycles. The Labute approximate surface area is 73.0 Å². The number of methoxy groups -OCH3 is 1. The van der Waals surface area contributed by atoms with Gasteiger partial charge in [0.15, 0.2) is 6.29 Å². The van der Waals surface area contributed by atoms with Crippen LogP contribution in [0.3, 0.4) is 0 Å². The molecule has 2 unspecified atom stereocenters. The Morgan fingerprint density at radius 2 is 2.42 bits per heavy atom. The van der Waals surface area contributed by atoms with Crippen molar-refractivity contribution >= 4 is 6.29 Å². The lowest BCUT2D eigenvalue weighted by Gasteiger charge is -2.33. The Morgan fingerprint density at radius 1 is 1.67 bits per heavy atom. The molecule has 0 saturated carbocycles. The Morgan fingerprint density at radius 3 is 2.83 bits per heavy atom.